The zero-order valence-corrected chi connectivity index (χ0v) is 9.33. The smallest absolute Gasteiger partial charge is 0.228 e. The van der Waals surface area contributed by atoms with E-state index in [1.165, 1.54) is 0 Å². The molecule has 1 saturated carbocycles. The number of aromatic nitrogens is 1. The molecule has 4 heteroatoms. The minimum atomic E-state index is -0.0739. The number of amides is 1. The Labute approximate surface area is 89.0 Å². The van der Waals surface area contributed by atoms with Crippen LogP contribution in [0.3, 0.4) is 0 Å². The number of rotatable bonds is 2. The van der Waals surface area contributed by atoms with Crippen LogP contribution in [0, 0.1) is 5.92 Å². The lowest BCUT2D eigenvalue weighted by molar-refractivity contribution is -0.117. The van der Waals surface area contributed by atoms with Gasteiger partial charge in [0.05, 0.1) is 0 Å². The van der Waals surface area contributed by atoms with Crippen molar-refractivity contribution in [1.29, 1.82) is 0 Å². The Morgan fingerprint density at radius 1 is 1.53 bits per heavy atom. The molecule has 82 valence electrons. The van der Waals surface area contributed by atoms with Gasteiger partial charge in [-0.3, -0.25) is 4.79 Å². The normalized spacial score (nSPS) is 16.5. The highest BCUT2D eigenvalue weighted by molar-refractivity contribution is 5.93. The van der Waals surface area contributed by atoms with Gasteiger partial charge in [-0.15, -0.1) is 0 Å². The van der Waals surface area contributed by atoms with Crippen LogP contribution in [-0.4, -0.2) is 11.1 Å². The van der Waals surface area contributed by atoms with Crippen molar-refractivity contribution in [3.05, 3.63) is 11.8 Å². The highest BCUT2D eigenvalue weighted by atomic mass is 16.5. The van der Waals surface area contributed by atoms with Gasteiger partial charge in [0.25, 0.3) is 0 Å². The molecule has 0 saturated heterocycles. The Kier molecular flexibility index (Phi) is 2.29. The number of hydrogen-bond acceptors (Lipinski definition) is 3. The lowest BCUT2D eigenvalue weighted by Crippen LogP contribution is -2.13. The van der Waals surface area contributed by atoms with Gasteiger partial charge in [0.1, 0.15) is 5.76 Å². The second-order valence-corrected chi connectivity index (χ2v) is 5.09. The second-order valence-electron chi connectivity index (χ2n) is 5.09. The first-order valence-corrected chi connectivity index (χ1v) is 5.25. The third kappa shape index (κ3) is 2.37. The molecule has 15 heavy (non-hydrogen) atoms. The predicted octanol–water partition coefficient (Wildman–Crippen LogP) is 2.32. The molecule has 1 N–H and O–H groups in total. The fraction of sp³-hybridized carbons (Fsp3) is 0.636. The number of anilines is 1. The average molecular weight is 208 g/mol. The third-order valence-electron chi connectivity index (χ3n) is 2.45. The summed E-state index contributed by atoms with van der Waals surface area (Å²) in [5.41, 5.74) is -0.0739. The van der Waals surface area contributed by atoms with Gasteiger partial charge in [-0.1, -0.05) is 25.9 Å². The van der Waals surface area contributed by atoms with Gasteiger partial charge < -0.3 is 9.84 Å². The van der Waals surface area contributed by atoms with E-state index in [0.29, 0.717) is 5.82 Å². The van der Waals surface area contributed by atoms with Crippen LogP contribution in [0.15, 0.2) is 10.6 Å². The summed E-state index contributed by atoms with van der Waals surface area (Å²) in [6.07, 6.45) is 1.99. The minimum absolute atomic E-state index is 0.0590. The molecule has 2 rings (SSSR count). The Hall–Kier alpha value is -1.32. The minimum Gasteiger partial charge on any atom is -0.359 e. The van der Waals surface area contributed by atoms with Crippen LogP contribution in [-0.2, 0) is 10.2 Å². The largest absolute Gasteiger partial charge is 0.359 e. The van der Waals surface area contributed by atoms with E-state index in [-0.39, 0.29) is 17.2 Å². The van der Waals surface area contributed by atoms with Gasteiger partial charge >= 0.3 is 0 Å². The first-order chi connectivity index (χ1) is 6.97. The summed E-state index contributed by atoms with van der Waals surface area (Å²) in [6, 6.07) is 1.79. The molecule has 1 fully saturated rings. The Balaban J connectivity index is 2.03. The third-order valence-corrected chi connectivity index (χ3v) is 2.45. The van der Waals surface area contributed by atoms with Crippen molar-refractivity contribution in [3.63, 3.8) is 0 Å². The zero-order valence-electron chi connectivity index (χ0n) is 9.33. The zero-order chi connectivity index (χ0) is 11.1. The first-order valence-electron chi connectivity index (χ1n) is 5.25. The van der Waals surface area contributed by atoms with Crippen LogP contribution in [0.1, 0.15) is 39.4 Å². The summed E-state index contributed by atoms with van der Waals surface area (Å²) in [5, 5.41) is 6.58. The molecule has 0 aromatic carbocycles. The highest BCUT2D eigenvalue weighted by Crippen LogP contribution is 2.30. The van der Waals surface area contributed by atoms with Crippen molar-refractivity contribution in [1.82, 2.24) is 5.16 Å². The molecule has 0 spiro atoms. The molecule has 0 radical (unpaired) electrons. The van der Waals surface area contributed by atoms with Crippen molar-refractivity contribution in [2.45, 2.75) is 39.0 Å². The second kappa shape index (κ2) is 3.36. The van der Waals surface area contributed by atoms with Crippen molar-refractivity contribution < 1.29 is 9.32 Å². The summed E-state index contributed by atoms with van der Waals surface area (Å²) in [7, 11) is 0. The highest BCUT2D eigenvalue weighted by Gasteiger charge is 2.30. The number of nitrogens with zero attached hydrogens (tertiary/aromatic N) is 1. The maximum absolute atomic E-state index is 11.4. The van der Waals surface area contributed by atoms with E-state index in [1.807, 2.05) is 20.8 Å². The van der Waals surface area contributed by atoms with Gasteiger partial charge in [-0.05, 0) is 12.8 Å². The predicted molar refractivity (Wildman–Crippen MR) is 56.6 cm³/mol. The van der Waals surface area contributed by atoms with Crippen molar-refractivity contribution >= 4 is 11.7 Å². The first kappa shape index (κ1) is 10.2. The van der Waals surface area contributed by atoms with Gasteiger partial charge in [0.15, 0.2) is 5.82 Å². The molecule has 1 aromatic heterocycles. The van der Waals surface area contributed by atoms with Gasteiger partial charge in [-0.25, -0.2) is 0 Å². The monoisotopic (exact) mass is 208 g/mol. The molecule has 4 nitrogen and oxygen atoms in total. The molecule has 0 atom stereocenters. The van der Waals surface area contributed by atoms with E-state index in [9.17, 15) is 4.79 Å². The molecular weight excluding hydrogens is 192 g/mol. The summed E-state index contributed by atoms with van der Waals surface area (Å²) >= 11 is 0. The fourth-order valence-corrected chi connectivity index (χ4v) is 1.26. The fourth-order valence-electron chi connectivity index (χ4n) is 1.26. The maximum Gasteiger partial charge on any atom is 0.228 e. The molecule has 1 heterocycles. The van der Waals surface area contributed by atoms with Gasteiger partial charge in [0.2, 0.25) is 5.91 Å². The van der Waals surface area contributed by atoms with Crippen LogP contribution in [0.2, 0.25) is 0 Å². The topological polar surface area (TPSA) is 55.1 Å². The Morgan fingerprint density at radius 3 is 2.67 bits per heavy atom. The van der Waals surface area contributed by atoms with Crippen molar-refractivity contribution in [2.24, 2.45) is 5.92 Å². The average Bonchev–Trinajstić information content (AvgIpc) is 2.86. The number of nitrogens with one attached hydrogen (secondary N) is 1. The molecule has 1 aliphatic rings. The van der Waals surface area contributed by atoms with Crippen LogP contribution in [0.5, 0.6) is 0 Å². The van der Waals surface area contributed by atoms with Gasteiger partial charge in [-0.2, -0.15) is 0 Å². The Bertz CT molecular complexity index is 372. The molecule has 1 aromatic rings. The summed E-state index contributed by atoms with van der Waals surface area (Å²) < 4.78 is 5.17. The van der Waals surface area contributed by atoms with Gasteiger partial charge in [0, 0.05) is 17.4 Å². The van der Waals surface area contributed by atoms with Crippen LogP contribution in [0.4, 0.5) is 5.82 Å². The molecule has 0 aliphatic heterocycles. The SMILES string of the molecule is CC(C)(C)c1cc(NC(=O)C2CC2)no1. The standard InChI is InChI=1S/C11H16N2O2/c1-11(2,3)8-6-9(13-15-8)12-10(14)7-4-5-7/h6-7H,4-5H2,1-3H3,(H,12,13,14). The molecule has 0 unspecified atom stereocenters. The van der Waals surface area contributed by atoms with Crippen LogP contribution >= 0.6 is 0 Å². The van der Waals surface area contributed by atoms with Crippen molar-refractivity contribution in [2.75, 3.05) is 5.32 Å². The summed E-state index contributed by atoms with van der Waals surface area (Å²) in [4.78, 5) is 11.4. The summed E-state index contributed by atoms with van der Waals surface area (Å²) in [5.74, 6) is 1.56. The quantitative estimate of drug-likeness (QED) is 0.811. The van der Waals surface area contributed by atoms with Crippen LogP contribution in [0.25, 0.3) is 0 Å². The van der Waals surface area contributed by atoms with Crippen molar-refractivity contribution in [3.8, 4) is 0 Å². The van der Waals surface area contributed by atoms with E-state index in [0.717, 1.165) is 18.6 Å². The number of hydrogen-bond donors (Lipinski definition) is 1. The lowest BCUT2D eigenvalue weighted by Gasteiger charge is -2.11. The maximum atomic E-state index is 11.4. The van der Waals surface area contributed by atoms with Crippen LogP contribution < -0.4 is 5.32 Å². The van der Waals surface area contributed by atoms with E-state index >= 15 is 0 Å². The lowest BCUT2D eigenvalue weighted by atomic mass is 9.93. The molecule has 0 bridgehead atoms. The molecular formula is C11H16N2O2. The summed E-state index contributed by atoms with van der Waals surface area (Å²) in [6.45, 7) is 6.13. The molecule has 1 amide bonds. The van der Waals surface area contributed by atoms with E-state index in [1.54, 1.807) is 6.07 Å². The number of carbonyl (C=O) groups is 1. The van der Waals surface area contributed by atoms with E-state index < -0.39 is 0 Å². The molecule has 1 aliphatic carbocycles. The number of carbonyl (C=O) groups excluding carboxylic acids is 1. The Morgan fingerprint density at radius 2 is 2.20 bits per heavy atom. The van der Waals surface area contributed by atoms with E-state index in [4.69, 9.17) is 4.52 Å². The van der Waals surface area contributed by atoms with E-state index in [2.05, 4.69) is 10.5 Å².